The lowest BCUT2D eigenvalue weighted by molar-refractivity contribution is -0.385. The predicted molar refractivity (Wildman–Crippen MR) is 69.4 cm³/mol. The van der Waals surface area contributed by atoms with E-state index in [2.05, 4.69) is 4.99 Å². The van der Waals surface area contributed by atoms with Gasteiger partial charge in [-0.1, -0.05) is 11.8 Å². The van der Waals surface area contributed by atoms with E-state index < -0.39 is 10.7 Å². The lowest BCUT2D eigenvalue weighted by Crippen LogP contribution is -2.07. The average molecular weight is 269 g/mol. The fourth-order valence-corrected chi connectivity index (χ4v) is 2.63. The summed E-state index contributed by atoms with van der Waals surface area (Å²) in [6.07, 6.45) is 0.701. The molecule has 1 aliphatic heterocycles. The monoisotopic (exact) mass is 269 g/mol. The van der Waals surface area contributed by atoms with Crippen LogP contribution in [0.2, 0.25) is 0 Å². The van der Waals surface area contributed by atoms with Crippen molar-refractivity contribution in [1.29, 1.82) is 0 Å². The molecule has 0 bridgehead atoms. The van der Waals surface area contributed by atoms with Crippen LogP contribution in [0.4, 0.5) is 10.1 Å². The molecule has 0 saturated carbocycles. The SMILES string of the molecule is NC1=NC[C@H](c2cc([N+](=O)[O-])ccc2F)CCS1. The molecule has 1 heterocycles. The van der Waals surface area contributed by atoms with E-state index in [1.165, 1.54) is 23.9 Å². The number of nitro benzene ring substituents is 1. The van der Waals surface area contributed by atoms with Gasteiger partial charge in [-0.05, 0) is 18.1 Å². The summed E-state index contributed by atoms with van der Waals surface area (Å²) in [6.45, 7) is 0.372. The first-order valence-electron chi connectivity index (χ1n) is 5.44. The number of thioether (sulfide) groups is 1. The summed E-state index contributed by atoms with van der Waals surface area (Å²) in [6, 6.07) is 3.60. The van der Waals surface area contributed by atoms with Gasteiger partial charge in [-0.3, -0.25) is 15.1 Å². The molecule has 0 radical (unpaired) electrons. The van der Waals surface area contributed by atoms with E-state index in [4.69, 9.17) is 5.73 Å². The van der Waals surface area contributed by atoms with E-state index >= 15 is 0 Å². The number of nitro groups is 1. The molecule has 5 nitrogen and oxygen atoms in total. The minimum Gasteiger partial charge on any atom is -0.379 e. The standard InChI is InChI=1S/C11H12FN3O2S/c12-10-2-1-8(15(16)17)5-9(10)7-3-4-18-11(13)14-6-7/h1-2,5,7H,3-4,6H2,(H2,13,14)/t7-/m1/s1. The summed E-state index contributed by atoms with van der Waals surface area (Å²) in [5, 5.41) is 11.2. The lowest BCUT2D eigenvalue weighted by Gasteiger charge is -2.13. The van der Waals surface area contributed by atoms with E-state index in [0.29, 0.717) is 23.7 Å². The Bertz CT molecular complexity index is 507. The van der Waals surface area contributed by atoms with Gasteiger partial charge in [0.1, 0.15) is 5.82 Å². The number of aliphatic imine (C=N–C) groups is 1. The molecule has 0 aliphatic carbocycles. The third-order valence-corrected chi connectivity index (χ3v) is 3.68. The number of hydrogen-bond acceptors (Lipinski definition) is 5. The Hall–Kier alpha value is -1.63. The van der Waals surface area contributed by atoms with Crippen molar-refractivity contribution in [1.82, 2.24) is 0 Å². The maximum atomic E-state index is 13.7. The third kappa shape index (κ3) is 2.79. The summed E-state index contributed by atoms with van der Waals surface area (Å²) >= 11 is 1.43. The van der Waals surface area contributed by atoms with Gasteiger partial charge in [0.15, 0.2) is 5.17 Å². The van der Waals surface area contributed by atoms with Crippen molar-refractivity contribution in [2.45, 2.75) is 12.3 Å². The second kappa shape index (κ2) is 5.34. The maximum Gasteiger partial charge on any atom is 0.269 e. The Morgan fingerprint density at radius 2 is 2.33 bits per heavy atom. The average Bonchev–Trinajstić information content (AvgIpc) is 2.54. The van der Waals surface area contributed by atoms with E-state index in [9.17, 15) is 14.5 Å². The van der Waals surface area contributed by atoms with Gasteiger partial charge < -0.3 is 5.73 Å². The Labute approximate surface area is 107 Å². The molecule has 2 N–H and O–H groups in total. The smallest absolute Gasteiger partial charge is 0.269 e. The highest BCUT2D eigenvalue weighted by atomic mass is 32.2. The third-order valence-electron chi connectivity index (χ3n) is 2.81. The molecule has 1 aliphatic rings. The molecule has 96 valence electrons. The van der Waals surface area contributed by atoms with Crippen molar-refractivity contribution in [3.8, 4) is 0 Å². The first-order valence-corrected chi connectivity index (χ1v) is 6.43. The predicted octanol–water partition coefficient (Wildman–Crippen LogP) is 2.27. The van der Waals surface area contributed by atoms with Crippen LogP contribution in [-0.4, -0.2) is 22.4 Å². The second-order valence-corrected chi connectivity index (χ2v) is 5.09. The van der Waals surface area contributed by atoms with Crippen LogP contribution in [0.25, 0.3) is 0 Å². The zero-order valence-corrected chi connectivity index (χ0v) is 10.3. The molecule has 0 saturated heterocycles. The summed E-state index contributed by atoms with van der Waals surface area (Å²) in [5.74, 6) is 0.159. The number of nitrogens with zero attached hydrogens (tertiary/aromatic N) is 2. The van der Waals surface area contributed by atoms with Crippen LogP contribution < -0.4 is 5.73 Å². The minimum atomic E-state index is -0.522. The number of benzene rings is 1. The molecule has 2 rings (SSSR count). The van der Waals surface area contributed by atoms with E-state index in [1.807, 2.05) is 0 Å². The van der Waals surface area contributed by atoms with Crippen molar-refractivity contribution in [3.05, 3.63) is 39.7 Å². The van der Waals surface area contributed by atoms with Crippen molar-refractivity contribution in [2.24, 2.45) is 10.7 Å². The Balaban J connectivity index is 2.31. The molecule has 0 unspecified atom stereocenters. The molecule has 0 amide bonds. The number of halogens is 1. The second-order valence-electron chi connectivity index (χ2n) is 3.98. The zero-order valence-electron chi connectivity index (χ0n) is 9.51. The highest BCUT2D eigenvalue weighted by molar-refractivity contribution is 8.13. The summed E-state index contributed by atoms with van der Waals surface area (Å²) in [7, 11) is 0. The number of amidine groups is 1. The fraction of sp³-hybridized carbons (Fsp3) is 0.364. The van der Waals surface area contributed by atoms with Crippen molar-refractivity contribution >= 4 is 22.6 Å². The molecule has 0 spiro atoms. The van der Waals surface area contributed by atoms with E-state index in [-0.39, 0.29) is 11.6 Å². The molecule has 18 heavy (non-hydrogen) atoms. The van der Waals surface area contributed by atoms with Gasteiger partial charge in [-0.25, -0.2) is 4.39 Å². The van der Waals surface area contributed by atoms with Crippen LogP contribution in [0, 0.1) is 15.9 Å². The first kappa shape index (κ1) is 12.8. The maximum absolute atomic E-state index is 13.7. The molecule has 1 aromatic rings. The molecular weight excluding hydrogens is 257 g/mol. The van der Waals surface area contributed by atoms with Gasteiger partial charge in [0, 0.05) is 30.3 Å². The van der Waals surface area contributed by atoms with Crippen LogP contribution >= 0.6 is 11.8 Å². The zero-order chi connectivity index (χ0) is 13.1. The van der Waals surface area contributed by atoms with E-state index in [0.717, 1.165) is 11.8 Å². The van der Waals surface area contributed by atoms with Crippen LogP contribution in [-0.2, 0) is 0 Å². The van der Waals surface area contributed by atoms with Gasteiger partial charge in [-0.2, -0.15) is 0 Å². The van der Waals surface area contributed by atoms with Crippen LogP contribution in [0.5, 0.6) is 0 Å². The van der Waals surface area contributed by atoms with Gasteiger partial charge in [0.25, 0.3) is 5.69 Å². The van der Waals surface area contributed by atoms with Gasteiger partial charge in [0.2, 0.25) is 0 Å². The number of rotatable bonds is 2. The topological polar surface area (TPSA) is 81.5 Å². The quantitative estimate of drug-likeness (QED) is 0.659. The van der Waals surface area contributed by atoms with Crippen molar-refractivity contribution in [3.63, 3.8) is 0 Å². The number of hydrogen-bond donors (Lipinski definition) is 1. The van der Waals surface area contributed by atoms with Gasteiger partial charge in [0.05, 0.1) is 4.92 Å². The summed E-state index contributed by atoms with van der Waals surface area (Å²) in [4.78, 5) is 14.3. The highest BCUT2D eigenvalue weighted by Gasteiger charge is 2.21. The molecule has 7 heteroatoms. The van der Waals surface area contributed by atoms with Crippen LogP contribution in [0.15, 0.2) is 23.2 Å². The Morgan fingerprint density at radius 1 is 1.56 bits per heavy atom. The van der Waals surface area contributed by atoms with Crippen molar-refractivity contribution < 1.29 is 9.31 Å². The minimum absolute atomic E-state index is 0.0970. The van der Waals surface area contributed by atoms with Crippen LogP contribution in [0.3, 0.4) is 0 Å². The molecule has 0 fully saturated rings. The largest absolute Gasteiger partial charge is 0.379 e. The fourth-order valence-electron chi connectivity index (χ4n) is 1.85. The number of nitrogens with two attached hydrogens (primary N) is 1. The molecule has 1 atom stereocenters. The first-order chi connectivity index (χ1) is 8.58. The summed E-state index contributed by atoms with van der Waals surface area (Å²) < 4.78 is 13.7. The molecule has 1 aromatic carbocycles. The molecular formula is C11H12FN3O2S. The van der Waals surface area contributed by atoms with Gasteiger partial charge in [-0.15, -0.1) is 0 Å². The Morgan fingerprint density at radius 3 is 3.06 bits per heavy atom. The van der Waals surface area contributed by atoms with Crippen LogP contribution in [0.1, 0.15) is 17.9 Å². The van der Waals surface area contributed by atoms with Gasteiger partial charge >= 0.3 is 0 Å². The van der Waals surface area contributed by atoms with Crippen molar-refractivity contribution in [2.75, 3.05) is 12.3 Å². The highest BCUT2D eigenvalue weighted by Crippen LogP contribution is 2.29. The summed E-state index contributed by atoms with van der Waals surface area (Å²) in [5.41, 5.74) is 5.86. The van der Waals surface area contributed by atoms with E-state index in [1.54, 1.807) is 0 Å². The molecule has 0 aromatic heterocycles. The normalized spacial score (nSPS) is 20.1. The number of non-ortho nitro benzene ring substituents is 1. The lowest BCUT2D eigenvalue weighted by atomic mass is 9.95. The Kier molecular flexibility index (Phi) is 3.81.